The van der Waals surface area contributed by atoms with E-state index in [-0.39, 0.29) is 5.78 Å². The molecule has 0 saturated carbocycles. The standard InChI is InChI=1S/C20H19NO2/c1-23-15-11-9-14(10-12-15)13-21-17-6-3-2-5-16(17)20-18(21)7-4-8-19(20)22/h2-3,5-6,9-12H,4,7-8,13H2,1H3. The Morgan fingerprint density at radius 1 is 1.04 bits per heavy atom. The van der Waals surface area contributed by atoms with E-state index in [1.807, 2.05) is 24.3 Å². The minimum Gasteiger partial charge on any atom is -0.497 e. The second-order valence-corrected chi connectivity index (χ2v) is 6.05. The third-order valence-corrected chi connectivity index (χ3v) is 4.67. The van der Waals surface area contributed by atoms with Gasteiger partial charge in [0.2, 0.25) is 0 Å². The Kier molecular flexibility index (Phi) is 3.41. The molecular weight excluding hydrogens is 286 g/mol. The molecule has 0 spiro atoms. The molecule has 3 heteroatoms. The highest BCUT2D eigenvalue weighted by Crippen LogP contribution is 2.32. The molecule has 0 amide bonds. The van der Waals surface area contributed by atoms with Crippen LogP contribution in [0.3, 0.4) is 0 Å². The lowest BCUT2D eigenvalue weighted by Gasteiger charge is -2.15. The van der Waals surface area contributed by atoms with Gasteiger partial charge in [0.1, 0.15) is 5.75 Å². The largest absolute Gasteiger partial charge is 0.497 e. The van der Waals surface area contributed by atoms with Crippen LogP contribution >= 0.6 is 0 Å². The molecule has 1 aliphatic rings. The number of ether oxygens (including phenoxy) is 1. The number of fused-ring (bicyclic) bond motifs is 3. The van der Waals surface area contributed by atoms with Crippen molar-refractivity contribution in [2.45, 2.75) is 25.8 Å². The Labute approximate surface area is 135 Å². The van der Waals surface area contributed by atoms with Crippen molar-refractivity contribution in [3.05, 3.63) is 65.4 Å². The zero-order valence-electron chi connectivity index (χ0n) is 13.2. The Hall–Kier alpha value is -2.55. The summed E-state index contributed by atoms with van der Waals surface area (Å²) in [6.45, 7) is 0.785. The fourth-order valence-electron chi connectivity index (χ4n) is 3.56. The molecule has 1 aliphatic carbocycles. The maximum atomic E-state index is 12.4. The second kappa shape index (κ2) is 5.58. The molecule has 0 bridgehead atoms. The number of rotatable bonds is 3. The molecule has 2 aromatic carbocycles. The van der Waals surface area contributed by atoms with Crippen molar-refractivity contribution < 1.29 is 9.53 Å². The summed E-state index contributed by atoms with van der Waals surface area (Å²) in [7, 11) is 1.68. The number of nitrogens with zero attached hydrogens (tertiary/aromatic N) is 1. The lowest BCUT2D eigenvalue weighted by molar-refractivity contribution is 0.0973. The van der Waals surface area contributed by atoms with E-state index < -0.39 is 0 Å². The fourth-order valence-corrected chi connectivity index (χ4v) is 3.56. The molecule has 1 aromatic heterocycles. The zero-order chi connectivity index (χ0) is 15.8. The average molecular weight is 305 g/mol. The number of para-hydroxylation sites is 1. The van der Waals surface area contributed by atoms with Gasteiger partial charge in [0.05, 0.1) is 7.11 Å². The first-order valence-electron chi connectivity index (χ1n) is 8.04. The van der Waals surface area contributed by atoms with Crippen molar-refractivity contribution in [1.29, 1.82) is 0 Å². The molecule has 3 nitrogen and oxygen atoms in total. The first kappa shape index (κ1) is 14.1. The summed E-state index contributed by atoms with van der Waals surface area (Å²) in [4.78, 5) is 12.4. The SMILES string of the molecule is COc1ccc(Cn2c3c(c4ccccc42)C(=O)CCC3)cc1. The lowest BCUT2D eigenvalue weighted by Crippen LogP contribution is -2.13. The average Bonchev–Trinajstić information content (AvgIpc) is 2.91. The monoisotopic (exact) mass is 305 g/mol. The minimum absolute atomic E-state index is 0.288. The van der Waals surface area contributed by atoms with Gasteiger partial charge in [-0.15, -0.1) is 0 Å². The number of ketones is 1. The van der Waals surface area contributed by atoms with Crippen LogP contribution in [-0.2, 0) is 13.0 Å². The molecule has 1 heterocycles. The number of Topliss-reactive ketones (excluding diaryl/α,β-unsaturated/α-hetero) is 1. The topological polar surface area (TPSA) is 31.2 Å². The first-order chi connectivity index (χ1) is 11.3. The summed E-state index contributed by atoms with van der Waals surface area (Å²) in [5.74, 6) is 1.15. The lowest BCUT2D eigenvalue weighted by atomic mass is 9.94. The molecule has 0 radical (unpaired) electrons. The molecule has 0 atom stereocenters. The molecule has 0 fully saturated rings. The van der Waals surface area contributed by atoms with Crippen molar-refractivity contribution in [3.8, 4) is 5.75 Å². The van der Waals surface area contributed by atoms with Crippen molar-refractivity contribution in [1.82, 2.24) is 4.57 Å². The second-order valence-electron chi connectivity index (χ2n) is 6.05. The van der Waals surface area contributed by atoms with Crippen LogP contribution < -0.4 is 4.74 Å². The van der Waals surface area contributed by atoms with Gasteiger partial charge in [-0.1, -0.05) is 30.3 Å². The number of aromatic nitrogens is 1. The van der Waals surface area contributed by atoms with E-state index in [4.69, 9.17) is 4.74 Å². The van der Waals surface area contributed by atoms with Crippen LogP contribution in [0.2, 0.25) is 0 Å². The highest BCUT2D eigenvalue weighted by Gasteiger charge is 2.25. The van der Waals surface area contributed by atoms with E-state index >= 15 is 0 Å². The summed E-state index contributed by atoms with van der Waals surface area (Å²) >= 11 is 0. The summed E-state index contributed by atoms with van der Waals surface area (Å²) in [6.07, 6.45) is 2.60. The van der Waals surface area contributed by atoms with Gasteiger partial charge in [0.25, 0.3) is 0 Å². The summed E-state index contributed by atoms with van der Waals surface area (Å²) in [5.41, 5.74) is 4.51. The Bertz CT molecular complexity index is 875. The number of hydrogen-bond donors (Lipinski definition) is 0. The Morgan fingerprint density at radius 3 is 2.61 bits per heavy atom. The number of methoxy groups -OCH3 is 1. The predicted octanol–water partition coefficient (Wildman–Crippen LogP) is 4.22. The molecule has 4 rings (SSSR count). The zero-order valence-corrected chi connectivity index (χ0v) is 13.2. The summed E-state index contributed by atoms with van der Waals surface area (Å²) < 4.78 is 7.54. The van der Waals surface area contributed by atoms with Crippen LogP contribution in [0.4, 0.5) is 0 Å². The van der Waals surface area contributed by atoms with Crippen molar-refractivity contribution in [3.63, 3.8) is 0 Å². The highest BCUT2D eigenvalue weighted by atomic mass is 16.5. The quantitative estimate of drug-likeness (QED) is 0.725. The Balaban J connectivity index is 1.84. The maximum absolute atomic E-state index is 12.4. The van der Waals surface area contributed by atoms with Crippen molar-refractivity contribution in [2.24, 2.45) is 0 Å². The number of benzene rings is 2. The van der Waals surface area contributed by atoms with E-state index in [1.165, 1.54) is 11.3 Å². The molecule has 3 aromatic rings. The molecule has 0 unspecified atom stereocenters. The van der Waals surface area contributed by atoms with Crippen molar-refractivity contribution >= 4 is 16.7 Å². The molecule has 0 saturated heterocycles. The maximum Gasteiger partial charge on any atom is 0.165 e. The van der Waals surface area contributed by atoms with Crippen LogP contribution in [0.25, 0.3) is 10.9 Å². The number of hydrogen-bond acceptors (Lipinski definition) is 2. The van der Waals surface area contributed by atoms with Gasteiger partial charge in [-0.05, 0) is 36.6 Å². The fraction of sp³-hybridized carbons (Fsp3) is 0.250. The van der Waals surface area contributed by atoms with Gasteiger partial charge in [-0.2, -0.15) is 0 Å². The van der Waals surface area contributed by atoms with Gasteiger partial charge in [0, 0.05) is 35.1 Å². The number of carbonyl (C=O) groups is 1. The van der Waals surface area contributed by atoms with Crippen molar-refractivity contribution in [2.75, 3.05) is 7.11 Å². The molecule has 0 aliphatic heterocycles. The van der Waals surface area contributed by atoms with Crippen LogP contribution in [0.1, 0.15) is 34.5 Å². The third-order valence-electron chi connectivity index (χ3n) is 4.67. The van der Waals surface area contributed by atoms with Crippen LogP contribution in [0.15, 0.2) is 48.5 Å². The predicted molar refractivity (Wildman–Crippen MR) is 91.3 cm³/mol. The minimum atomic E-state index is 0.288. The van der Waals surface area contributed by atoms with E-state index in [9.17, 15) is 4.79 Å². The number of carbonyl (C=O) groups excluding carboxylic acids is 1. The first-order valence-corrected chi connectivity index (χ1v) is 8.04. The van der Waals surface area contributed by atoms with Crippen LogP contribution in [0, 0.1) is 0 Å². The van der Waals surface area contributed by atoms with Crippen LogP contribution in [-0.4, -0.2) is 17.5 Å². The normalized spacial score (nSPS) is 14.0. The highest BCUT2D eigenvalue weighted by molar-refractivity contribution is 6.10. The van der Waals surface area contributed by atoms with E-state index in [1.54, 1.807) is 7.11 Å². The van der Waals surface area contributed by atoms with Gasteiger partial charge in [0.15, 0.2) is 5.78 Å². The Morgan fingerprint density at radius 2 is 1.83 bits per heavy atom. The van der Waals surface area contributed by atoms with E-state index in [2.05, 4.69) is 28.8 Å². The molecular formula is C20H19NO2. The third kappa shape index (κ3) is 2.33. The van der Waals surface area contributed by atoms with Crippen LogP contribution in [0.5, 0.6) is 5.75 Å². The van der Waals surface area contributed by atoms with Gasteiger partial charge >= 0.3 is 0 Å². The van der Waals surface area contributed by atoms with E-state index in [0.29, 0.717) is 6.42 Å². The van der Waals surface area contributed by atoms with Gasteiger partial charge < -0.3 is 9.30 Å². The van der Waals surface area contributed by atoms with Gasteiger partial charge in [-0.3, -0.25) is 4.79 Å². The molecule has 0 N–H and O–H groups in total. The summed E-state index contributed by atoms with van der Waals surface area (Å²) in [6, 6.07) is 16.4. The van der Waals surface area contributed by atoms with Gasteiger partial charge in [-0.25, -0.2) is 0 Å². The molecule has 23 heavy (non-hydrogen) atoms. The van der Waals surface area contributed by atoms with E-state index in [0.717, 1.165) is 41.6 Å². The summed E-state index contributed by atoms with van der Waals surface area (Å²) in [5, 5.41) is 1.10. The molecule has 116 valence electrons. The smallest absolute Gasteiger partial charge is 0.165 e.